The molecule has 1 amide bonds. The molecule has 0 unspecified atom stereocenters. The van der Waals surface area contributed by atoms with E-state index in [9.17, 15) is 4.79 Å². The van der Waals surface area contributed by atoms with Gasteiger partial charge in [-0.15, -0.1) is 11.3 Å². The van der Waals surface area contributed by atoms with E-state index in [-0.39, 0.29) is 0 Å². The number of nitrogens with one attached hydrogen (secondary N) is 1. The van der Waals surface area contributed by atoms with Gasteiger partial charge in [0.05, 0.1) is 12.8 Å². The summed E-state index contributed by atoms with van der Waals surface area (Å²) in [7, 11) is 1.70. The zero-order chi connectivity index (χ0) is 22.6. The van der Waals surface area contributed by atoms with Gasteiger partial charge in [0.15, 0.2) is 0 Å². The van der Waals surface area contributed by atoms with Crippen molar-refractivity contribution in [3.63, 3.8) is 0 Å². The summed E-state index contributed by atoms with van der Waals surface area (Å²) in [5, 5.41) is 6.30. The molecule has 0 saturated carbocycles. The Hall–Kier alpha value is -3.71. The Morgan fingerprint density at radius 3 is 2.33 bits per heavy atom. The summed E-state index contributed by atoms with van der Waals surface area (Å²) in [6, 6.07) is 23.2. The van der Waals surface area contributed by atoms with Gasteiger partial charge < -0.3 is 19.3 Å². The second kappa shape index (κ2) is 9.42. The number of benzene rings is 3. The van der Waals surface area contributed by atoms with Crippen molar-refractivity contribution in [2.24, 2.45) is 0 Å². The zero-order valence-electron chi connectivity index (χ0n) is 18.4. The molecule has 0 spiro atoms. The molecule has 0 bridgehead atoms. The van der Waals surface area contributed by atoms with Crippen LogP contribution < -0.4 is 24.6 Å². The van der Waals surface area contributed by atoms with E-state index in [1.165, 1.54) is 15.8 Å². The molecule has 2 heterocycles. The van der Waals surface area contributed by atoms with Gasteiger partial charge in [-0.25, -0.2) is 4.79 Å². The number of carbonyl (C=O) groups excluding carboxylic acids is 1. The van der Waals surface area contributed by atoms with Crippen molar-refractivity contribution in [3.8, 4) is 11.5 Å². The van der Waals surface area contributed by atoms with Crippen LogP contribution in [0.1, 0.15) is 0 Å². The number of piperazine rings is 1. The van der Waals surface area contributed by atoms with E-state index in [0.717, 1.165) is 37.6 Å². The van der Waals surface area contributed by atoms with E-state index in [4.69, 9.17) is 9.47 Å². The number of hydrogen-bond donors (Lipinski definition) is 1. The van der Waals surface area contributed by atoms with Crippen LogP contribution >= 0.6 is 11.3 Å². The number of anilines is 3. The summed E-state index contributed by atoms with van der Waals surface area (Å²) in [6.07, 6.45) is -0.497. The minimum atomic E-state index is -0.497. The van der Waals surface area contributed by atoms with Gasteiger partial charge in [0.1, 0.15) is 11.5 Å². The van der Waals surface area contributed by atoms with Crippen molar-refractivity contribution in [2.75, 3.05) is 48.4 Å². The molecule has 0 radical (unpaired) electrons. The van der Waals surface area contributed by atoms with Gasteiger partial charge in [-0.05, 0) is 54.6 Å². The molecule has 1 N–H and O–H groups in total. The van der Waals surface area contributed by atoms with E-state index in [0.29, 0.717) is 11.4 Å². The van der Waals surface area contributed by atoms with Crippen molar-refractivity contribution in [3.05, 3.63) is 78.2 Å². The van der Waals surface area contributed by atoms with Crippen molar-refractivity contribution in [2.45, 2.75) is 0 Å². The zero-order valence-corrected chi connectivity index (χ0v) is 19.2. The van der Waals surface area contributed by atoms with Crippen LogP contribution in [0.5, 0.6) is 11.5 Å². The van der Waals surface area contributed by atoms with Crippen LogP contribution in [0.4, 0.5) is 21.9 Å². The summed E-state index contributed by atoms with van der Waals surface area (Å²) in [5.41, 5.74) is 3.16. The number of carbonyl (C=O) groups is 1. The largest absolute Gasteiger partial charge is 0.497 e. The summed E-state index contributed by atoms with van der Waals surface area (Å²) in [6.45, 7) is 3.80. The molecule has 168 valence electrons. The van der Waals surface area contributed by atoms with Crippen molar-refractivity contribution >= 4 is 44.6 Å². The van der Waals surface area contributed by atoms with Gasteiger partial charge in [-0.2, -0.15) is 0 Å². The first-order valence-corrected chi connectivity index (χ1v) is 11.8. The van der Waals surface area contributed by atoms with Crippen LogP contribution in [-0.2, 0) is 0 Å². The fourth-order valence-corrected chi connectivity index (χ4v) is 5.06. The number of amides is 1. The van der Waals surface area contributed by atoms with Gasteiger partial charge in [0.2, 0.25) is 0 Å². The first-order valence-electron chi connectivity index (χ1n) is 10.9. The number of hydrogen-bond acceptors (Lipinski definition) is 6. The van der Waals surface area contributed by atoms with E-state index >= 15 is 0 Å². The molecule has 1 aliphatic heterocycles. The molecule has 1 saturated heterocycles. The lowest BCUT2D eigenvalue weighted by Crippen LogP contribution is -2.46. The maximum atomic E-state index is 12.1. The smallest absolute Gasteiger partial charge is 0.417 e. The van der Waals surface area contributed by atoms with Crippen LogP contribution in [0.3, 0.4) is 0 Å². The molecule has 7 heteroatoms. The first kappa shape index (κ1) is 21.2. The highest BCUT2D eigenvalue weighted by atomic mass is 32.1. The lowest BCUT2D eigenvalue weighted by atomic mass is 10.2. The molecule has 6 nitrogen and oxygen atoms in total. The molecule has 1 aliphatic rings. The van der Waals surface area contributed by atoms with Crippen molar-refractivity contribution in [1.82, 2.24) is 0 Å². The van der Waals surface area contributed by atoms with Crippen LogP contribution in [0.15, 0.2) is 78.2 Å². The van der Waals surface area contributed by atoms with Gasteiger partial charge in [-0.1, -0.05) is 18.2 Å². The number of nitrogens with zero attached hydrogens (tertiary/aromatic N) is 2. The maximum absolute atomic E-state index is 12.1. The summed E-state index contributed by atoms with van der Waals surface area (Å²) < 4.78 is 11.9. The number of rotatable bonds is 5. The minimum Gasteiger partial charge on any atom is -0.497 e. The topological polar surface area (TPSA) is 54.0 Å². The van der Waals surface area contributed by atoms with Crippen LogP contribution in [0.2, 0.25) is 0 Å². The summed E-state index contributed by atoms with van der Waals surface area (Å²) in [5.74, 6) is 1.41. The monoisotopic (exact) mass is 459 g/mol. The van der Waals surface area contributed by atoms with Crippen LogP contribution in [0, 0.1) is 0 Å². The second-order valence-electron chi connectivity index (χ2n) is 7.83. The Balaban J connectivity index is 1.18. The molecule has 0 atom stereocenters. The van der Waals surface area contributed by atoms with Gasteiger partial charge in [-0.3, -0.25) is 5.32 Å². The highest BCUT2D eigenvalue weighted by Crippen LogP contribution is 2.36. The molecule has 4 aromatic rings. The Bertz CT molecular complexity index is 1230. The van der Waals surface area contributed by atoms with Crippen LogP contribution in [-0.4, -0.2) is 39.4 Å². The molecule has 0 aliphatic carbocycles. The predicted molar refractivity (Wildman–Crippen MR) is 135 cm³/mol. The van der Waals surface area contributed by atoms with Gasteiger partial charge in [0.25, 0.3) is 0 Å². The minimum absolute atomic E-state index is 0.497. The fourth-order valence-electron chi connectivity index (χ4n) is 4.07. The molecule has 5 rings (SSSR count). The third-order valence-corrected chi connectivity index (χ3v) is 6.75. The number of ether oxygens (including phenoxy) is 2. The highest BCUT2D eigenvalue weighted by Gasteiger charge is 2.20. The molecular formula is C26H25N3O3S. The first-order chi connectivity index (χ1) is 16.2. The average molecular weight is 460 g/mol. The average Bonchev–Trinajstić information content (AvgIpc) is 3.28. The standard InChI is InChI=1S/C26H25N3O3S/c1-31-22-11-12-23-24(18-33-25(23)17-22)29-15-13-28(14-16-29)20-9-7-19(8-10-20)27-26(30)32-21-5-3-2-4-6-21/h2-12,17-18H,13-16H2,1H3,(H,27,30). The third kappa shape index (κ3) is 4.73. The molecule has 33 heavy (non-hydrogen) atoms. The van der Waals surface area contributed by atoms with E-state index < -0.39 is 6.09 Å². The SMILES string of the molecule is COc1ccc2c(N3CCN(c4ccc(NC(=O)Oc5ccccc5)cc4)CC3)csc2c1. The van der Waals surface area contributed by atoms with Crippen molar-refractivity contribution < 1.29 is 14.3 Å². The van der Waals surface area contributed by atoms with Crippen molar-refractivity contribution in [1.29, 1.82) is 0 Å². The Kier molecular flexibility index (Phi) is 6.04. The molecule has 3 aromatic carbocycles. The summed E-state index contributed by atoms with van der Waals surface area (Å²) >= 11 is 1.76. The third-order valence-electron chi connectivity index (χ3n) is 5.82. The normalized spacial score (nSPS) is 13.7. The predicted octanol–water partition coefficient (Wildman–Crippen LogP) is 5.85. The molecule has 1 aromatic heterocycles. The maximum Gasteiger partial charge on any atom is 0.417 e. The number of para-hydroxylation sites is 1. The van der Waals surface area contributed by atoms with E-state index in [1.807, 2.05) is 48.5 Å². The number of thiophene rings is 1. The lowest BCUT2D eigenvalue weighted by Gasteiger charge is -2.37. The number of methoxy groups -OCH3 is 1. The highest BCUT2D eigenvalue weighted by molar-refractivity contribution is 7.17. The van der Waals surface area contributed by atoms with E-state index in [1.54, 1.807) is 30.6 Å². The Morgan fingerprint density at radius 2 is 1.61 bits per heavy atom. The van der Waals surface area contributed by atoms with E-state index in [2.05, 4.69) is 32.6 Å². The van der Waals surface area contributed by atoms with Crippen LogP contribution in [0.25, 0.3) is 10.1 Å². The van der Waals surface area contributed by atoms with Gasteiger partial charge >= 0.3 is 6.09 Å². The summed E-state index contributed by atoms with van der Waals surface area (Å²) in [4.78, 5) is 16.9. The fraction of sp³-hybridized carbons (Fsp3) is 0.192. The molecular weight excluding hydrogens is 434 g/mol. The Morgan fingerprint density at radius 1 is 0.879 bits per heavy atom. The Labute approximate surface area is 197 Å². The second-order valence-corrected chi connectivity index (χ2v) is 8.74. The molecule has 1 fully saturated rings. The lowest BCUT2D eigenvalue weighted by molar-refractivity contribution is 0.215. The quantitative estimate of drug-likeness (QED) is 0.406. The van der Waals surface area contributed by atoms with Gasteiger partial charge in [0, 0.05) is 53.0 Å². The number of fused-ring (bicyclic) bond motifs is 1.